The van der Waals surface area contributed by atoms with Crippen LogP contribution in [0.4, 0.5) is 0 Å². The molecule has 0 saturated carbocycles. The molecule has 1 amide bonds. The Morgan fingerprint density at radius 1 is 1.12 bits per heavy atom. The molecule has 7 heteroatoms. The van der Waals surface area contributed by atoms with Gasteiger partial charge in [-0.15, -0.1) is 0 Å². The minimum atomic E-state index is -0.371. The lowest BCUT2D eigenvalue weighted by molar-refractivity contribution is -0.123. The molecular formula is C17H17BrN2O4. The molecule has 126 valence electrons. The van der Waals surface area contributed by atoms with Crippen LogP contribution in [0.15, 0.2) is 52.0 Å². The average Bonchev–Trinajstić information content (AvgIpc) is 2.60. The summed E-state index contributed by atoms with van der Waals surface area (Å²) in [6, 6.07) is 12.7. The van der Waals surface area contributed by atoms with Crippen molar-refractivity contribution in [3.8, 4) is 17.2 Å². The lowest BCUT2D eigenvalue weighted by atomic mass is 10.2. The van der Waals surface area contributed by atoms with Gasteiger partial charge in [0.2, 0.25) is 0 Å². The number of para-hydroxylation sites is 2. The SMILES string of the molecule is COc1cccc(/C=N\NC(=O)COc2ccccc2Br)c1OC. The zero-order valence-corrected chi connectivity index (χ0v) is 14.9. The first-order chi connectivity index (χ1) is 11.7. The maximum Gasteiger partial charge on any atom is 0.277 e. The lowest BCUT2D eigenvalue weighted by Gasteiger charge is -2.09. The first-order valence-electron chi connectivity index (χ1n) is 7.06. The second-order valence-electron chi connectivity index (χ2n) is 4.60. The summed E-state index contributed by atoms with van der Waals surface area (Å²) < 4.78 is 16.7. The highest BCUT2D eigenvalue weighted by Gasteiger charge is 2.08. The molecule has 0 saturated heterocycles. The van der Waals surface area contributed by atoms with Crippen LogP contribution in [0, 0.1) is 0 Å². The molecule has 0 bridgehead atoms. The number of carbonyl (C=O) groups is 1. The first kappa shape index (κ1) is 17.8. The van der Waals surface area contributed by atoms with Crippen molar-refractivity contribution < 1.29 is 19.0 Å². The van der Waals surface area contributed by atoms with Crippen molar-refractivity contribution >= 4 is 28.1 Å². The van der Waals surface area contributed by atoms with Gasteiger partial charge >= 0.3 is 0 Å². The maximum absolute atomic E-state index is 11.8. The largest absolute Gasteiger partial charge is 0.493 e. The summed E-state index contributed by atoms with van der Waals surface area (Å²) in [6.45, 7) is -0.144. The fraction of sp³-hybridized carbons (Fsp3) is 0.176. The van der Waals surface area contributed by atoms with E-state index < -0.39 is 0 Å². The lowest BCUT2D eigenvalue weighted by Crippen LogP contribution is -2.24. The second kappa shape index (κ2) is 8.93. The van der Waals surface area contributed by atoms with Crippen LogP contribution >= 0.6 is 15.9 Å². The zero-order chi connectivity index (χ0) is 17.4. The van der Waals surface area contributed by atoms with Gasteiger partial charge in [-0.05, 0) is 40.2 Å². The quantitative estimate of drug-likeness (QED) is 0.580. The van der Waals surface area contributed by atoms with E-state index in [4.69, 9.17) is 14.2 Å². The first-order valence-corrected chi connectivity index (χ1v) is 7.85. The van der Waals surface area contributed by atoms with Crippen LogP contribution in [0.3, 0.4) is 0 Å². The number of hydrazone groups is 1. The smallest absolute Gasteiger partial charge is 0.277 e. The van der Waals surface area contributed by atoms with Gasteiger partial charge in [-0.2, -0.15) is 5.10 Å². The Bertz CT molecular complexity index is 734. The molecule has 0 atom stereocenters. The van der Waals surface area contributed by atoms with E-state index in [1.54, 1.807) is 38.5 Å². The minimum Gasteiger partial charge on any atom is -0.493 e. The molecule has 6 nitrogen and oxygen atoms in total. The van der Waals surface area contributed by atoms with Gasteiger partial charge in [-0.1, -0.05) is 18.2 Å². The third kappa shape index (κ3) is 4.73. The highest BCUT2D eigenvalue weighted by Crippen LogP contribution is 2.29. The zero-order valence-electron chi connectivity index (χ0n) is 13.3. The Kier molecular flexibility index (Phi) is 6.62. The standard InChI is InChI=1S/C17H17BrN2O4/c1-22-15-9-5-6-12(17(15)23-2)10-19-20-16(21)11-24-14-8-4-3-7-13(14)18/h3-10H,11H2,1-2H3,(H,20,21)/b19-10-. The van der Waals surface area contributed by atoms with Crippen molar-refractivity contribution in [1.82, 2.24) is 5.43 Å². The van der Waals surface area contributed by atoms with Crippen LogP contribution in [0.2, 0.25) is 0 Å². The predicted octanol–water partition coefficient (Wildman–Crippen LogP) is 3.00. The maximum atomic E-state index is 11.8. The summed E-state index contributed by atoms with van der Waals surface area (Å²) in [4.78, 5) is 11.8. The minimum absolute atomic E-state index is 0.144. The summed E-state index contributed by atoms with van der Waals surface area (Å²) in [7, 11) is 3.10. The number of nitrogens with one attached hydrogen (secondary N) is 1. The monoisotopic (exact) mass is 392 g/mol. The Labute approximate surface area is 148 Å². The van der Waals surface area contributed by atoms with Crippen LogP contribution in [0.25, 0.3) is 0 Å². The number of benzene rings is 2. The Morgan fingerprint density at radius 3 is 2.58 bits per heavy atom. The van der Waals surface area contributed by atoms with E-state index in [-0.39, 0.29) is 12.5 Å². The second-order valence-corrected chi connectivity index (χ2v) is 5.45. The van der Waals surface area contributed by atoms with Gasteiger partial charge in [0.25, 0.3) is 5.91 Å². The normalized spacial score (nSPS) is 10.5. The summed E-state index contributed by atoms with van der Waals surface area (Å²) in [5.74, 6) is 1.35. The van der Waals surface area contributed by atoms with Gasteiger partial charge in [-0.3, -0.25) is 4.79 Å². The molecule has 0 radical (unpaired) electrons. The Hall–Kier alpha value is -2.54. The van der Waals surface area contributed by atoms with Crippen LogP contribution < -0.4 is 19.6 Å². The molecule has 24 heavy (non-hydrogen) atoms. The van der Waals surface area contributed by atoms with Gasteiger partial charge in [0.05, 0.1) is 24.9 Å². The average molecular weight is 393 g/mol. The summed E-state index contributed by atoms with van der Waals surface area (Å²) in [5, 5.41) is 3.91. The van der Waals surface area contributed by atoms with Crippen LogP contribution in [-0.4, -0.2) is 32.9 Å². The number of methoxy groups -OCH3 is 2. The van der Waals surface area contributed by atoms with Gasteiger partial charge in [0.15, 0.2) is 18.1 Å². The van der Waals surface area contributed by atoms with Gasteiger partial charge < -0.3 is 14.2 Å². The number of hydrogen-bond donors (Lipinski definition) is 1. The third-order valence-corrected chi connectivity index (χ3v) is 3.68. The molecule has 0 fully saturated rings. The van der Waals surface area contributed by atoms with E-state index in [1.165, 1.54) is 6.21 Å². The Morgan fingerprint density at radius 2 is 1.88 bits per heavy atom. The van der Waals surface area contributed by atoms with E-state index in [0.29, 0.717) is 22.8 Å². The fourth-order valence-electron chi connectivity index (χ4n) is 1.92. The Balaban J connectivity index is 1.92. The summed E-state index contributed by atoms with van der Waals surface area (Å²) >= 11 is 3.35. The van der Waals surface area contributed by atoms with Crippen LogP contribution in [-0.2, 0) is 4.79 Å². The molecule has 2 aromatic carbocycles. The van der Waals surface area contributed by atoms with Crippen molar-refractivity contribution in [2.75, 3.05) is 20.8 Å². The number of amides is 1. The molecule has 0 spiro atoms. The van der Waals surface area contributed by atoms with Crippen LogP contribution in [0.1, 0.15) is 5.56 Å². The fourth-order valence-corrected chi connectivity index (χ4v) is 2.32. The molecule has 2 rings (SSSR count). The van der Waals surface area contributed by atoms with E-state index in [9.17, 15) is 4.79 Å². The molecule has 0 aliphatic rings. The number of rotatable bonds is 7. The molecule has 2 aromatic rings. The number of nitrogens with zero attached hydrogens (tertiary/aromatic N) is 1. The van der Waals surface area contributed by atoms with Gasteiger partial charge in [0.1, 0.15) is 5.75 Å². The van der Waals surface area contributed by atoms with E-state index in [2.05, 4.69) is 26.5 Å². The van der Waals surface area contributed by atoms with E-state index >= 15 is 0 Å². The predicted molar refractivity (Wildman–Crippen MR) is 94.9 cm³/mol. The van der Waals surface area contributed by atoms with Crippen molar-refractivity contribution in [1.29, 1.82) is 0 Å². The van der Waals surface area contributed by atoms with Crippen molar-refractivity contribution in [2.45, 2.75) is 0 Å². The number of hydrogen-bond acceptors (Lipinski definition) is 5. The molecule has 0 aromatic heterocycles. The highest BCUT2D eigenvalue weighted by molar-refractivity contribution is 9.10. The number of carbonyl (C=O) groups excluding carboxylic acids is 1. The topological polar surface area (TPSA) is 69.2 Å². The molecule has 0 unspecified atom stereocenters. The van der Waals surface area contributed by atoms with Crippen molar-refractivity contribution in [2.24, 2.45) is 5.10 Å². The van der Waals surface area contributed by atoms with Gasteiger partial charge in [-0.25, -0.2) is 5.43 Å². The highest BCUT2D eigenvalue weighted by atomic mass is 79.9. The molecular weight excluding hydrogens is 376 g/mol. The number of ether oxygens (including phenoxy) is 3. The summed E-state index contributed by atoms with van der Waals surface area (Å²) in [5.41, 5.74) is 3.09. The van der Waals surface area contributed by atoms with Gasteiger partial charge in [0, 0.05) is 5.56 Å². The van der Waals surface area contributed by atoms with E-state index in [1.807, 2.05) is 18.2 Å². The third-order valence-electron chi connectivity index (χ3n) is 3.02. The summed E-state index contributed by atoms with van der Waals surface area (Å²) in [6.07, 6.45) is 1.48. The van der Waals surface area contributed by atoms with Crippen LogP contribution in [0.5, 0.6) is 17.2 Å². The molecule has 1 N–H and O–H groups in total. The van der Waals surface area contributed by atoms with Crippen molar-refractivity contribution in [3.63, 3.8) is 0 Å². The molecule has 0 aliphatic carbocycles. The molecule has 0 heterocycles. The number of halogens is 1. The van der Waals surface area contributed by atoms with Crippen molar-refractivity contribution in [3.05, 3.63) is 52.5 Å². The van der Waals surface area contributed by atoms with E-state index in [0.717, 1.165) is 4.47 Å². The molecule has 0 aliphatic heterocycles.